The van der Waals surface area contributed by atoms with Crippen LogP contribution in [0.15, 0.2) is 66.7 Å². The zero-order valence-electron chi connectivity index (χ0n) is 23.0. The van der Waals surface area contributed by atoms with Crippen LogP contribution in [-0.2, 0) is 9.59 Å². The van der Waals surface area contributed by atoms with E-state index >= 15 is 0 Å². The van der Waals surface area contributed by atoms with Crippen molar-refractivity contribution in [3.8, 4) is 11.5 Å². The highest BCUT2D eigenvalue weighted by atomic mass is 35.5. The molecule has 3 aliphatic rings. The van der Waals surface area contributed by atoms with Crippen LogP contribution in [0.25, 0.3) is 0 Å². The number of carbonyl (C=O) groups excluding carboxylic acids is 5. The van der Waals surface area contributed by atoms with Crippen molar-refractivity contribution >= 4 is 52.7 Å². The van der Waals surface area contributed by atoms with Crippen LogP contribution in [0.1, 0.15) is 50.3 Å². The fourth-order valence-corrected chi connectivity index (χ4v) is 6.79. The quantitative estimate of drug-likeness (QED) is 0.142. The van der Waals surface area contributed by atoms with Crippen LogP contribution in [0.2, 0.25) is 10.0 Å². The average molecular weight is 621 g/mol. The predicted octanol–water partition coefficient (Wildman–Crippen LogP) is 5.49. The molecule has 2 saturated carbocycles. The number of amides is 3. The summed E-state index contributed by atoms with van der Waals surface area (Å²) < 4.78 is 10.6. The second kappa shape index (κ2) is 11.5. The number of methoxy groups -OCH3 is 1. The summed E-state index contributed by atoms with van der Waals surface area (Å²) in [6, 6.07) is 16.5. The Morgan fingerprint density at radius 1 is 0.814 bits per heavy atom. The molecule has 1 aliphatic heterocycles. The van der Waals surface area contributed by atoms with E-state index in [2.05, 4.69) is 0 Å². The molecule has 0 unspecified atom stereocenters. The molecule has 0 N–H and O–H groups in total. The van der Waals surface area contributed by atoms with Gasteiger partial charge >= 0.3 is 5.97 Å². The van der Waals surface area contributed by atoms with E-state index in [1.54, 1.807) is 24.3 Å². The second-order valence-electron chi connectivity index (χ2n) is 10.9. The lowest BCUT2D eigenvalue weighted by atomic mass is 9.81. The second-order valence-corrected chi connectivity index (χ2v) is 11.7. The highest BCUT2D eigenvalue weighted by Gasteiger charge is 2.62. The van der Waals surface area contributed by atoms with Crippen LogP contribution in [0.3, 0.4) is 0 Å². The summed E-state index contributed by atoms with van der Waals surface area (Å²) in [4.78, 5) is 67.0. The molecule has 0 aromatic heterocycles. The third kappa shape index (κ3) is 5.28. The van der Waals surface area contributed by atoms with Gasteiger partial charge in [-0.2, -0.15) is 5.01 Å². The molecule has 3 aromatic carbocycles. The van der Waals surface area contributed by atoms with Gasteiger partial charge in [0.25, 0.3) is 17.7 Å². The van der Waals surface area contributed by atoms with Crippen molar-refractivity contribution in [1.82, 2.24) is 10.0 Å². The van der Waals surface area contributed by atoms with Crippen molar-refractivity contribution in [1.29, 1.82) is 0 Å². The van der Waals surface area contributed by atoms with Crippen LogP contribution in [-0.4, -0.2) is 53.1 Å². The topological polar surface area (TPSA) is 110 Å². The highest BCUT2D eigenvalue weighted by molar-refractivity contribution is 6.42. The minimum Gasteiger partial charge on any atom is -0.497 e. The molecule has 43 heavy (non-hydrogen) atoms. The molecule has 2 bridgehead atoms. The number of ketones is 1. The molecule has 3 fully saturated rings. The molecule has 4 atom stereocenters. The highest BCUT2D eigenvalue weighted by Crippen LogP contribution is 2.56. The fraction of sp³-hybridized carbons (Fsp3) is 0.281. The maximum absolute atomic E-state index is 13.8. The van der Waals surface area contributed by atoms with Crippen LogP contribution < -0.4 is 9.47 Å². The van der Waals surface area contributed by atoms with Gasteiger partial charge in [0, 0.05) is 11.1 Å². The molecule has 0 spiro atoms. The Bertz CT molecular complexity index is 1630. The summed E-state index contributed by atoms with van der Waals surface area (Å²) in [5, 5.41) is 2.13. The van der Waals surface area contributed by atoms with Gasteiger partial charge in [-0.1, -0.05) is 29.3 Å². The number of Topliss-reactive ketones (excluding diaryl/α,β-unsaturated/α-hetero) is 1. The first-order chi connectivity index (χ1) is 20.7. The van der Waals surface area contributed by atoms with Gasteiger partial charge in [0.05, 0.1) is 34.6 Å². The molecular formula is C32H26Cl2N2O7. The number of benzene rings is 3. The standard InChI is InChI=1S/C32H26Cl2N2O7/c1-42-23-4-2-3-21(14-23)32(41)43-22-10-7-17(8-11-22)26(37)16-35(29(38)20-9-12-24(33)25(34)15-20)36-30(39)27-18-5-6-19(13-18)28(27)31(36)40/h2-4,7-12,14-15,18-19,27-28H,5-6,13,16H2,1H3/t18-,19-,27-,28-/m0/s1. The maximum Gasteiger partial charge on any atom is 0.343 e. The number of hydrogen-bond donors (Lipinski definition) is 0. The first-order valence-corrected chi connectivity index (χ1v) is 14.6. The molecule has 11 heteroatoms. The van der Waals surface area contributed by atoms with E-state index in [1.807, 2.05) is 0 Å². The van der Waals surface area contributed by atoms with Gasteiger partial charge in [-0.05, 0) is 91.8 Å². The van der Waals surface area contributed by atoms with E-state index in [1.165, 1.54) is 49.6 Å². The lowest BCUT2D eigenvalue weighted by Crippen LogP contribution is -2.52. The Hall–Kier alpha value is -4.21. The molecule has 9 nitrogen and oxygen atoms in total. The maximum atomic E-state index is 13.8. The first-order valence-electron chi connectivity index (χ1n) is 13.8. The van der Waals surface area contributed by atoms with Crippen molar-refractivity contribution in [2.45, 2.75) is 19.3 Å². The SMILES string of the molecule is COc1cccc(C(=O)Oc2ccc(C(=O)CN(C(=O)c3ccc(Cl)c(Cl)c3)N3C(=O)[C@H]4[C@H]5CC[C@@H](C5)[C@@H]4C3=O)cc2)c1. The van der Waals surface area contributed by atoms with Gasteiger partial charge in [0.1, 0.15) is 18.0 Å². The molecule has 6 rings (SSSR count). The zero-order valence-corrected chi connectivity index (χ0v) is 24.5. The number of fused-ring (bicyclic) bond motifs is 5. The number of nitrogens with zero attached hydrogens (tertiary/aromatic N) is 2. The Labute approximate surface area is 257 Å². The molecule has 2 aliphatic carbocycles. The van der Waals surface area contributed by atoms with Gasteiger partial charge in [-0.25, -0.2) is 9.80 Å². The molecule has 220 valence electrons. The van der Waals surface area contributed by atoms with Crippen molar-refractivity contribution < 1.29 is 33.4 Å². The molecule has 3 amide bonds. The predicted molar refractivity (Wildman–Crippen MR) is 156 cm³/mol. The van der Waals surface area contributed by atoms with E-state index in [9.17, 15) is 24.0 Å². The van der Waals surface area contributed by atoms with E-state index in [-0.39, 0.29) is 44.3 Å². The lowest BCUT2D eigenvalue weighted by Gasteiger charge is -2.31. The normalized spacial score (nSPS) is 22.0. The minimum absolute atomic E-state index is 0.0719. The van der Waals surface area contributed by atoms with Crippen molar-refractivity contribution in [3.63, 3.8) is 0 Å². The van der Waals surface area contributed by atoms with Gasteiger partial charge in [0.15, 0.2) is 5.78 Å². The number of halogens is 2. The van der Waals surface area contributed by atoms with E-state index in [4.69, 9.17) is 32.7 Å². The minimum atomic E-state index is -0.732. The first kappa shape index (κ1) is 28.9. The molecule has 1 saturated heterocycles. The van der Waals surface area contributed by atoms with Crippen LogP contribution in [0.4, 0.5) is 0 Å². The van der Waals surface area contributed by atoms with Crippen LogP contribution >= 0.6 is 23.2 Å². The summed E-state index contributed by atoms with van der Waals surface area (Å²) in [7, 11) is 1.49. The van der Waals surface area contributed by atoms with Gasteiger partial charge in [-0.15, -0.1) is 0 Å². The van der Waals surface area contributed by atoms with E-state index in [0.29, 0.717) is 5.75 Å². The molecule has 0 radical (unpaired) electrons. The monoisotopic (exact) mass is 620 g/mol. The molecule has 1 heterocycles. The van der Waals surface area contributed by atoms with Crippen LogP contribution in [0.5, 0.6) is 11.5 Å². The number of rotatable bonds is 8. The van der Waals surface area contributed by atoms with Crippen molar-refractivity contribution in [3.05, 3.63) is 93.5 Å². The van der Waals surface area contributed by atoms with Gasteiger partial charge in [0.2, 0.25) is 0 Å². The van der Waals surface area contributed by atoms with Crippen molar-refractivity contribution in [2.24, 2.45) is 23.7 Å². The largest absolute Gasteiger partial charge is 0.497 e. The summed E-state index contributed by atoms with van der Waals surface area (Å²) in [5.74, 6) is -2.85. The molecular weight excluding hydrogens is 595 g/mol. The third-order valence-corrected chi connectivity index (χ3v) is 9.27. The van der Waals surface area contributed by atoms with E-state index in [0.717, 1.165) is 29.3 Å². The summed E-state index contributed by atoms with van der Waals surface area (Å²) in [5.41, 5.74) is 0.546. The van der Waals surface area contributed by atoms with Gasteiger partial charge < -0.3 is 9.47 Å². The average Bonchev–Trinajstić information content (AvgIpc) is 3.71. The van der Waals surface area contributed by atoms with E-state index < -0.39 is 47.9 Å². The Kier molecular flexibility index (Phi) is 7.70. The lowest BCUT2D eigenvalue weighted by molar-refractivity contribution is -0.155. The summed E-state index contributed by atoms with van der Waals surface area (Å²) >= 11 is 12.2. The third-order valence-electron chi connectivity index (χ3n) is 8.53. The number of imide groups is 1. The summed E-state index contributed by atoms with van der Waals surface area (Å²) in [6.45, 7) is -0.575. The number of esters is 1. The van der Waals surface area contributed by atoms with Gasteiger partial charge in [-0.3, -0.25) is 19.2 Å². The number of ether oxygens (including phenoxy) is 2. The Balaban J connectivity index is 1.24. The zero-order chi connectivity index (χ0) is 30.4. The van der Waals surface area contributed by atoms with Crippen molar-refractivity contribution in [2.75, 3.05) is 13.7 Å². The Morgan fingerprint density at radius 2 is 1.47 bits per heavy atom. The molecule has 3 aromatic rings. The number of hydrazine groups is 1. The Morgan fingerprint density at radius 3 is 2.09 bits per heavy atom. The smallest absolute Gasteiger partial charge is 0.343 e. The van der Waals surface area contributed by atoms with Crippen LogP contribution in [0, 0.1) is 23.7 Å². The number of hydrogen-bond acceptors (Lipinski definition) is 7. The fourth-order valence-electron chi connectivity index (χ4n) is 6.49. The summed E-state index contributed by atoms with van der Waals surface area (Å²) in [6.07, 6.45) is 2.56. The number of carbonyl (C=O) groups is 5.